The number of hydrogen-bond acceptors (Lipinski definition) is 4. The Kier molecular flexibility index (Phi) is 5.37. The Morgan fingerprint density at radius 3 is 1.45 bits per heavy atom. The minimum atomic E-state index is -0.789. The lowest BCUT2D eigenvalue weighted by molar-refractivity contribution is -0.146. The highest BCUT2D eigenvalue weighted by Gasteiger charge is 2.65. The van der Waals surface area contributed by atoms with Crippen molar-refractivity contribution in [1.82, 2.24) is 10.6 Å². The normalized spacial score (nSPS) is 36.8. The van der Waals surface area contributed by atoms with Crippen LogP contribution in [0.15, 0.2) is 0 Å². The molecule has 0 aromatic heterocycles. The molecule has 2 N–H and O–H groups in total. The molecule has 0 radical (unpaired) electrons. The first-order valence-corrected chi connectivity index (χ1v) is 12.1. The summed E-state index contributed by atoms with van der Waals surface area (Å²) < 4.78 is 0. The number of Topliss-reactive ketones (excluding diaryl/α,β-unsaturated/α-hetero) is 2. The van der Waals surface area contributed by atoms with E-state index < -0.39 is 10.8 Å². The molecule has 4 bridgehead atoms. The zero-order valence-electron chi connectivity index (χ0n) is 19.6. The molecule has 31 heavy (non-hydrogen) atoms. The number of amides is 2. The third kappa shape index (κ3) is 3.19. The van der Waals surface area contributed by atoms with Gasteiger partial charge in [0.25, 0.3) is 0 Å². The first-order valence-electron chi connectivity index (χ1n) is 12.1. The summed E-state index contributed by atoms with van der Waals surface area (Å²) >= 11 is 0. The lowest BCUT2D eigenvalue weighted by Crippen LogP contribution is -2.47. The van der Waals surface area contributed by atoms with Crippen molar-refractivity contribution >= 4 is 23.4 Å². The average molecular weight is 431 g/mol. The molecule has 6 nitrogen and oxygen atoms in total. The van der Waals surface area contributed by atoms with Crippen LogP contribution in [0.5, 0.6) is 0 Å². The maximum atomic E-state index is 12.8. The van der Waals surface area contributed by atoms with E-state index in [1.807, 2.05) is 27.7 Å². The van der Waals surface area contributed by atoms with E-state index in [0.717, 1.165) is 32.1 Å². The topological polar surface area (TPSA) is 92.3 Å². The van der Waals surface area contributed by atoms with Crippen molar-refractivity contribution in [1.29, 1.82) is 0 Å². The van der Waals surface area contributed by atoms with Crippen LogP contribution in [0.25, 0.3) is 0 Å². The highest BCUT2D eigenvalue weighted by molar-refractivity contribution is 6.11. The van der Waals surface area contributed by atoms with Gasteiger partial charge in [-0.15, -0.1) is 0 Å². The van der Waals surface area contributed by atoms with Crippen LogP contribution in [0.1, 0.15) is 85.5 Å². The number of carbonyl (C=O) groups excluding carboxylic acids is 4. The van der Waals surface area contributed by atoms with Gasteiger partial charge < -0.3 is 10.6 Å². The van der Waals surface area contributed by atoms with Gasteiger partial charge in [0.05, 0.1) is 0 Å². The van der Waals surface area contributed by atoms with E-state index in [0.29, 0.717) is 50.6 Å². The molecule has 0 spiro atoms. The molecule has 0 saturated heterocycles. The maximum Gasteiger partial charge on any atom is 0.233 e. The van der Waals surface area contributed by atoms with Crippen molar-refractivity contribution in [3.8, 4) is 0 Å². The third-order valence-corrected chi connectivity index (χ3v) is 9.40. The van der Waals surface area contributed by atoms with E-state index in [1.54, 1.807) is 0 Å². The summed E-state index contributed by atoms with van der Waals surface area (Å²) in [4.78, 5) is 51.1. The van der Waals surface area contributed by atoms with Crippen LogP contribution in [0.2, 0.25) is 0 Å². The van der Waals surface area contributed by atoms with Gasteiger partial charge in [0.2, 0.25) is 11.8 Å². The van der Waals surface area contributed by atoms with Crippen molar-refractivity contribution in [2.75, 3.05) is 13.1 Å². The van der Waals surface area contributed by atoms with E-state index in [-0.39, 0.29) is 34.2 Å². The molecule has 0 aromatic rings. The second kappa shape index (κ2) is 7.41. The maximum absolute atomic E-state index is 12.8. The van der Waals surface area contributed by atoms with Crippen molar-refractivity contribution < 1.29 is 19.2 Å². The van der Waals surface area contributed by atoms with Crippen LogP contribution >= 0.6 is 0 Å². The van der Waals surface area contributed by atoms with Crippen molar-refractivity contribution in [2.45, 2.75) is 85.5 Å². The van der Waals surface area contributed by atoms with Crippen LogP contribution in [0.3, 0.4) is 0 Å². The number of nitrogens with one attached hydrogen (secondary N) is 2. The first-order chi connectivity index (χ1) is 14.5. The summed E-state index contributed by atoms with van der Waals surface area (Å²) in [5.74, 6) is 0.735. The Hall–Kier alpha value is -1.72. The predicted octanol–water partition coefficient (Wildman–Crippen LogP) is 3.18. The summed E-state index contributed by atoms with van der Waals surface area (Å²) in [7, 11) is 0. The van der Waals surface area contributed by atoms with Gasteiger partial charge in [-0.3, -0.25) is 19.2 Å². The largest absolute Gasteiger partial charge is 0.355 e. The van der Waals surface area contributed by atoms with Gasteiger partial charge >= 0.3 is 0 Å². The van der Waals surface area contributed by atoms with Crippen LogP contribution in [-0.4, -0.2) is 36.5 Å². The van der Waals surface area contributed by atoms with Gasteiger partial charge in [0.1, 0.15) is 10.8 Å². The smallest absolute Gasteiger partial charge is 0.233 e. The summed E-state index contributed by atoms with van der Waals surface area (Å²) in [6.45, 7) is 9.04. The van der Waals surface area contributed by atoms with Gasteiger partial charge in [0, 0.05) is 23.9 Å². The van der Waals surface area contributed by atoms with Gasteiger partial charge in [0.15, 0.2) is 11.6 Å². The fraction of sp³-hybridized carbons (Fsp3) is 0.840. The predicted molar refractivity (Wildman–Crippen MR) is 117 cm³/mol. The highest BCUT2D eigenvalue weighted by atomic mass is 16.2. The van der Waals surface area contributed by atoms with Crippen LogP contribution in [0.4, 0.5) is 0 Å². The van der Waals surface area contributed by atoms with Gasteiger partial charge in [-0.1, -0.05) is 27.7 Å². The van der Waals surface area contributed by atoms with Crippen molar-refractivity contribution in [2.24, 2.45) is 33.5 Å². The molecule has 0 aliphatic heterocycles. The fourth-order valence-corrected chi connectivity index (χ4v) is 7.13. The zero-order chi connectivity index (χ0) is 22.7. The number of fused-ring (bicyclic) bond motifs is 4. The molecule has 4 atom stereocenters. The quantitative estimate of drug-likeness (QED) is 0.457. The number of rotatable bonds is 8. The van der Waals surface area contributed by atoms with Crippen LogP contribution in [0, 0.1) is 33.5 Å². The van der Waals surface area contributed by atoms with E-state index in [1.165, 1.54) is 0 Å². The molecule has 0 heterocycles. The SMILES string of the molecule is CC1(C)C(=O)C2(C(=O)NCCCCCNC(=O)C34CCC(C3)C(C)(C)C4=O)CCC1C2. The molecule has 4 saturated carbocycles. The van der Waals surface area contributed by atoms with E-state index >= 15 is 0 Å². The standard InChI is InChI=1S/C25H38N2O4/c1-22(2)16-8-10-24(14-16,18(22)28)20(30)26-12-6-5-7-13-27-21(31)25-11-9-17(15-25)23(3,4)19(25)29/h16-17H,5-15H2,1-4H3,(H,26,30)(H,27,31). The minimum Gasteiger partial charge on any atom is -0.355 e. The second-order valence-corrected chi connectivity index (χ2v) is 11.7. The van der Waals surface area contributed by atoms with Gasteiger partial charge in [-0.25, -0.2) is 0 Å². The molecular weight excluding hydrogens is 392 g/mol. The van der Waals surface area contributed by atoms with Gasteiger partial charge in [-0.2, -0.15) is 0 Å². The minimum absolute atomic E-state index is 0.0869. The number of hydrogen-bond donors (Lipinski definition) is 2. The molecule has 4 unspecified atom stereocenters. The number of unbranched alkanes of at least 4 members (excludes halogenated alkanes) is 2. The molecule has 4 fully saturated rings. The molecule has 0 aromatic carbocycles. The lowest BCUT2D eigenvalue weighted by atomic mass is 9.70. The van der Waals surface area contributed by atoms with E-state index in [9.17, 15) is 19.2 Å². The lowest BCUT2D eigenvalue weighted by Gasteiger charge is -2.32. The van der Waals surface area contributed by atoms with E-state index in [2.05, 4.69) is 10.6 Å². The van der Waals surface area contributed by atoms with Crippen LogP contribution < -0.4 is 10.6 Å². The monoisotopic (exact) mass is 430 g/mol. The summed E-state index contributed by atoms with van der Waals surface area (Å²) in [5.41, 5.74) is -2.32. The Labute approximate surface area is 185 Å². The molecule has 4 rings (SSSR count). The van der Waals surface area contributed by atoms with Crippen molar-refractivity contribution in [3.05, 3.63) is 0 Å². The van der Waals surface area contributed by atoms with Gasteiger partial charge in [-0.05, 0) is 69.6 Å². The molecule has 4 aliphatic rings. The number of carbonyl (C=O) groups is 4. The summed E-state index contributed by atoms with van der Waals surface area (Å²) in [6, 6.07) is 0. The zero-order valence-corrected chi connectivity index (χ0v) is 19.6. The molecular formula is C25H38N2O4. The Morgan fingerprint density at radius 2 is 1.13 bits per heavy atom. The molecule has 2 amide bonds. The Balaban J connectivity index is 1.15. The second-order valence-electron chi connectivity index (χ2n) is 11.7. The molecule has 172 valence electrons. The summed E-state index contributed by atoms with van der Waals surface area (Å²) in [5, 5.41) is 6.00. The third-order valence-electron chi connectivity index (χ3n) is 9.40. The molecule has 4 aliphatic carbocycles. The molecule has 6 heteroatoms. The number of ketones is 2. The fourth-order valence-electron chi connectivity index (χ4n) is 7.13. The van der Waals surface area contributed by atoms with Crippen molar-refractivity contribution in [3.63, 3.8) is 0 Å². The van der Waals surface area contributed by atoms with Crippen LogP contribution in [-0.2, 0) is 19.2 Å². The average Bonchev–Trinajstić information content (AvgIpc) is 3.44. The Morgan fingerprint density at radius 1 is 0.742 bits per heavy atom. The van der Waals surface area contributed by atoms with E-state index in [4.69, 9.17) is 0 Å². The first kappa shape index (κ1) is 22.5. The highest BCUT2D eigenvalue weighted by Crippen LogP contribution is 2.61. The summed E-state index contributed by atoms with van der Waals surface area (Å²) in [6.07, 6.45) is 7.23. The Bertz CT molecular complexity index is 750.